The summed E-state index contributed by atoms with van der Waals surface area (Å²) >= 11 is 5.34. The highest BCUT2D eigenvalue weighted by Gasteiger charge is 2.08. The Morgan fingerprint density at radius 1 is 1.07 bits per heavy atom. The van der Waals surface area contributed by atoms with Crippen LogP contribution in [0.25, 0.3) is 10.9 Å². The smallest absolute Gasteiger partial charge is 0.170 e. The number of fused-ring (bicyclic) bond motifs is 1. The molecule has 1 aromatic heterocycles. The molecule has 3 N–H and O–H groups in total. The minimum atomic E-state index is 0.564. The second kappa shape index (κ2) is 9.35. The van der Waals surface area contributed by atoms with E-state index >= 15 is 0 Å². The predicted molar refractivity (Wildman–Crippen MR) is 124 cm³/mol. The van der Waals surface area contributed by atoms with Gasteiger partial charge in [-0.25, -0.2) is 4.98 Å². The summed E-state index contributed by atoms with van der Waals surface area (Å²) in [7, 11) is 0. The highest BCUT2D eigenvalue weighted by Crippen LogP contribution is 2.24. The monoisotopic (exact) mass is 403 g/mol. The van der Waals surface area contributed by atoms with Crippen LogP contribution in [-0.4, -0.2) is 23.2 Å². The Morgan fingerprint density at radius 2 is 1.90 bits per heavy atom. The Hall–Kier alpha value is -3.17. The number of hydrogen-bond donors (Lipinski definition) is 3. The Bertz CT molecular complexity index is 1080. The summed E-state index contributed by atoms with van der Waals surface area (Å²) in [6, 6.07) is 16.4. The standard InChI is InChI=1S/C23H25N5S/c1-15-6-4-7-19(11-15)27-23(29)26-9-5-8-25-22-18(14-24)13-20-17(3)10-16(2)12-21(20)28-22/h4,6-7,10-13H,5,8-9H2,1-3H3,(H,25,28)(H2,26,27,29). The van der Waals surface area contributed by atoms with Crippen molar-refractivity contribution in [2.45, 2.75) is 27.2 Å². The molecule has 29 heavy (non-hydrogen) atoms. The molecule has 0 spiro atoms. The number of nitrogens with zero attached hydrogens (tertiary/aromatic N) is 2. The second-order valence-corrected chi connectivity index (χ2v) is 7.58. The van der Waals surface area contributed by atoms with Crippen LogP contribution in [0.1, 0.15) is 28.7 Å². The summed E-state index contributed by atoms with van der Waals surface area (Å²) in [6.45, 7) is 7.56. The number of benzene rings is 2. The molecule has 3 aromatic rings. The maximum Gasteiger partial charge on any atom is 0.170 e. The maximum atomic E-state index is 9.49. The summed E-state index contributed by atoms with van der Waals surface area (Å²) in [5.74, 6) is 0.630. The molecule has 0 bridgehead atoms. The normalized spacial score (nSPS) is 10.4. The third-order valence-corrected chi connectivity index (χ3v) is 4.86. The first-order valence-electron chi connectivity index (χ1n) is 9.64. The average molecular weight is 404 g/mol. The van der Waals surface area contributed by atoms with Gasteiger partial charge in [0, 0.05) is 24.2 Å². The predicted octanol–water partition coefficient (Wildman–Crippen LogP) is 4.82. The summed E-state index contributed by atoms with van der Waals surface area (Å²) in [4.78, 5) is 4.67. The van der Waals surface area contributed by atoms with Crippen LogP contribution in [0.3, 0.4) is 0 Å². The lowest BCUT2D eigenvalue weighted by atomic mass is 10.0. The number of thiocarbonyl (C=S) groups is 1. The first-order valence-corrected chi connectivity index (χ1v) is 10.0. The van der Waals surface area contributed by atoms with Crippen LogP contribution in [0.2, 0.25) is 0 Å². The van der Waals surface area contributed by atoms with Crippen LogP contribution in [0.5, 0.6) is 0 Å². The fourth-order valence-electron chi connectivity index (χ4n) is 3.25. The molecule has 2 aromatic carbocycles. The number of nitrogens with one attached hydrogen (secondary N) is 3. The van der Waals surface area contributed by atoms with E-state index in [1.807, 2.05) is 50.2 Å². The molecule has 6 heteroatoms. The lowest BCUT2D eigenvalue weighted by molar-refractivity contribution is 0.807. The molecule has 0 radical (unpaired) electrons. The number of hydrogen-bond acceptors (Lipinski definition) is 4. The second-order valence-electron chi connectivity index (χ2n) is 7.18. The van der Waals surface area contributed by atoms with Crippen molar-refractivity contribution in [1.82, 2.24) is 10.3 Å². The average Bonchev–Trinajstić information content (AvgIpc) is 2.67. The van der Waals surface area contributed by atoms with E-state index in [1.54, 1.807) is 0 Å². The van der Waals surface area contributed by atoms with Gasteiger partial charge in [-0.05, 0) is 80.4 Å². The third kappa shape index (κ3) is 5.43. The van der Waals surface area contributed by atoms with Crippen LogP contribution in [0, 0.1) is 32.1 Å². The zero-order valence-electron chi connectivity index (χ0n) is 17.0. The minimum Gasteiger partial charge on any atom is -0.369 e. The lowest BCUT2D eigenvalue weighted by Crippen LogP contribution is -2.30. The largest absolute Gasteiger partial charge is 0.369 e. The van der Waals surface area contributed by atoms with Crippen LogP contribution in [0.4, 0.5) is 11.5 Å². The Kier molecular flexibility index (Phi) is 6.63. The van der Waals surface area contributed by atoms with Gasteiger partial charge in [-0.15, -0.1) is 0 Å². The van der Waals surface area contributed by atoms with E-state index in [1.165, 1.54) is 5.56 Å². The lowest BCUT2D eigenvalue weighted by Gasteiger charge is -2.12. The van der Waals surface area contributed by atoms with Crippen LogP contribution < -0.4 is 16.0 Å². The molecule has 0 atom stereocenters. The molecule has 0 amide bonds. The summed E-state index contributed by atoms with van der Waals surface area (Å²) in [5.41, 5.74) is 5.93. The van der Waals surface area contributed by atoms with E-state index in [9.17, 15) is 5.26 Å². The number of pyridine rings is 1. The number of anilines is 2. The topological polar surface area (TPSA) is 72.8 Å². The van der Waals surface area contributed by atoms with Crippen LogP contribution in [-0.2, 0) is 0 Å². The van der Waals surface area contributed by atoms with E-state index in [-0.39, 0.29) is 0 Å². The first kappa shape index (κ1) is 20.6. The summed E-state index contributed by atoms with van der Waals surface area (Å²) in [6.07, 6.45) is 0.840. The summed E-state index contributed by atoms with van der Waals surface area (Å²) in [5, 5.41) is 20.8. The van der Waals surface area contributed by atoms with Crippen molar-refractivity contribution in [3.05, 3.63) is 64.7 Å². The third-order valence-electron chi connectivity index (χ3n) is 4.61. The highest BCUT2D eigenvalue weighted by atomic mass is 32.1. The minimum absolute atomic E-state index is 0.564. The van der Waals surface area contributed by atoms with Gasteiger partial charge in [-0.3, -0.25) is 0 Å². The van der Waals surface area contributed by atoms with Crippen molar-refractivity contribution >= 4 is 39.7 Å². The highest BCUT2D eigenvalue weighted by molar-refractivity contribution is 7.80. The van der Waals surface area contributed by atoms with E-state index in [4.69, 9.17) is 12.2 Å². The molecule has 0 fully saturated rings. The molecule has 0 aliphatic heterocycles. The molecular formula is C23H25N5S. The molecule has 5 nitrogen and oxygen atoms in total. The molecule has 1 heterocycles. The van der Waals surface area contributed by atoms with E-state index in [0.29, 0.717) is 23.0 Å². The van der Waals surface area contributed by atoms with Crippen molar-refractivity contribution in [2.24, 2.45) is 0 Å². The van der Waals surface area contributed by atoms with Gasteiger partial charge in [-0.2, -0.15) is 5.26 Å². The number of aromatic nitrogens is 1. The Balaban J connectivity index is 1.53. The quantitative estimate of drug-likeness (QED) is 0.405. The van der Waals surface area contributed by atoms with Crippen molar-refractivity contribution in [1.29, 1.82) is 5.26 Å². The number of nitriles is 1. The molecule has 0 saturated carbocycles. The van der Waals surface area contributed by atoms with Crippen molar-refractivity contribution in [3.63, 3.8) is 0 Å². The maximum absolute atomic E-state index is 9.49. The van der Waals surface area contributed by atoms with E-state index < -0.39 is 0 Å². The SMILES string of the molecule is Cc1cccc(NC(=S)NCCCNc2nc3cc(C)cc(C)c3cc2C#N)c1. The zero-order valence-corrected chi connectivity index (χ0v) is 17.8. The fraction of sp³-hybridized carbons (Fsp3) is 0.261. The molecule has 148 valence electrons. The van der Waals surface area contributed by atoms with Gasteiger partial charge in [0.25, 0.3) is 0 Å². The fourth-order valence-corrected chi connectivity index (χ4v) is 3.47. The van der Waals surface area contributed by atoms with Crippen LogP contribution >= 0.6 is 12.2 Å². The molecule has 0 saturated heterocycles. The Morgan fingerprint density at radius 3 is 2.66 bits per heavy atom. The van der Waals surface area contributed by atoms with Crippen molar-refractivity contribution < 1.29 is 0 Å². The summed E-state index contributed by atoms with van der Waals surface area (Å²) < 4.78 is 0. The van der Waals surface area contributed by atoms with Gasteiger partial charge in [0.1, 0.15) is 11.9 Å². The van der Waals surface area contributed by atoms with Gasteiger partial charge in [0.15, 0.2) is 5.11 Å². The first-order chi connectivity index (χ1) is 14.0. The Labute approximate surface area is 177 Å². The molecule has 0 aliphatic carbocycles. The van der Waals surface area contributed by atoms with Crippen molar-refractivity contribution in [2.75, 3.05) is 23.7 Å². The van der Waals surface area contributed by atoms with E-state index in [2.05, 4.69) is 40.0 Å². The zero-order chi connectivity index (χ0) is 20.8. The van der Waals surface area contributed by atoms with Gasteiger partial charge in [0.05, 0.1) is 11.1 Å². The number of rotatable bonds is 6. The molecule has 0 aliphatic rings. The van der Waals surface area contributed by atoms with Gasteiger partial charge < -0.3 is 16.0 Å². The van der Waals surface area contributed by atoms with Gasteiger partial charge in [0.2, 0.25) is 0 Å². The van der Waals surface area contributed by atoms with E-state index in [0.717, 1.165) is 40.7 Å². The van der Waals surface area contributed by atoms with Gasteiger partial charge >= 0.3 is 0 Å². The van der Waals surface area contributed by atoms with Crippen molar-refractivity contribution in [3.8, 4) is 6.07 Å². The molecule has 3 rings (SSSR count). The molecule has 0 unspecified atom stereocenters. The molecular weight excluding hydrogens is 378 g/mol. The van der Waals surface area contributed by atoms with Crippen LogP contribution in [0.15, 0.2) is 42.5 Å². The number of aryl methyl sites for hydroxylation is 3. The van der Waals surface area contributed by atoms with Gasteiger partial charge in [-0.1, -0.05) is 18.2 Å².